The topological polar surface area (TPSA) is 82.4 Å². The molecular weight excluding hydrogens is 366 g/mol. The fourth-order valence-electron chi connectivity index (χ4n) is 3.20. The molecule has 7 heteroatoms. The normalized spacial score (nSPS) is 11.6. The summed E-state index contributed by atoms with van der Waals surface area (Å²) in [5, 5.41) is 0. The number of esters is 1. The Bertz CT molecular complexity index is 970. The van der Waals surface area contributed by atoms with Crippen molar-refractivity contribution in [3.8, 4) is 0 Å². The summed E-state index contributed by atoms with van der Waals surface area (Å²) < 4.78 is 31.5. The maximum atomic E-state index is 12.5. The Labute approximate surface area is 160 Å². The summed E-state index contributed by atoms with van der Waals surface area (Å²) in [5.74, 6) is -1.27. The van der Waals surface area contributed by atoms with Crippen LogP contribution in [0.5, 0.6) is 0 Å². The number of benzene rings is 1. The molecule has 0 aliphatic rings. The predicted molar refractivity (Wildman–Crippen MR) is 103 cm³/mol. The van der Waals surface area contributed by atoms with Gasteiger partial charge in [0.05, 0.1) is 16.2 Å². The zero-order valence-corrected chi connectivity index (χ0v) is 17.1. The molecule has 0 bridgehead atoms. The van der Waals surface area contributed by atoms with Crippen LogP contribution in [0, 0.1) is 13.8 Å². The van der Waals surface area contributed by atoms with Gasteiger partial charge in [0, 0.05) is 23.0 Å². The summed E-state index contributed by atoms with van der Waals surface area (Å²) in [7, 11) is -3.57. The Balaban J connectivity index is 2.20. The van der Waals surface area contributed by atoms with Gasteiger partial charge in [0.1, 0.15) is 0 Å². The van der Waals surface area contributed by atoms with Crippen LogP contribution in [0.4, 0.5) is 0 Å². The van der Waals surface area contributed by atoms with Crippen LogP contribution in [0.3, 0.4) is 0 Å². The lowest BCUT2D eigenvalue weighted by Gasteiger charge is -2.13. The van der Waals surface area contributed by atoms with Crippen LogP contribution < -0.4 is 0 Å². The second-order valence-electron chi connectivity index (χ2n) is 6.65. The molecule has 0 spiro atoms. The minimum Gasteiger partial charge on any atom is -0.454 e. The first kappa shape index (κ1) is 20.9. The number of ether oxygens (including phenoxy) is 1. The summed E-state index contributed by atoms with van der Waals surface area (Å²) in [6, 6.07) is 7.85. The number of aryl methyl sites for hydroxylation is 1. The lowest BCUT2D eigenvalue weighted by Crippen LogP contribution is -2.18. The van der Waals surface area contributed by atoms with E-state index in [2.05, 4.69) is 0 Å². The highest BCUT2D eigenvalue weighted by Gasteiger charge is 2.23. The van der Waals surface area contributed by atoms with Crippen molar-refractivity contribution in [3.63, 3.8) is 0 Å². The summed E-state index contributed by atoms with van der Waals surface area (Å²) in [6.07, 6.45) is 0. The van der Waals surface area contributed by atoms with E-state index < -0.39 is 22.4 Å². The molecule has 0 saturated carbocycles. The fourth-order valence-corrected chi connectivity index (χ4v) is 4.29. The van der Waals surface area contributed by atoms with Crippen molar-refractivity contribution in [2.45, 2.75) is 45.6 Å². The highest BCUT2D eigenvalue weighted by atomic mass is 32.2. The molecular formula is C20H25NO5S. The van der Waals surface area contributed by atoms with E-state index in [1.165, 1.54) is 19.1 Å². The van der Waals surface area contributed by atoms with Crippen molar-refractivity contribution < 1.29 is 22.7 Å². The maximum Gasteiger partial charge on any atom is 0.339 e. The van der Waals surface area contributed by atoms with Crippen molar-refractivity contribution in [1.82, 2.24) is 4.57 Å². The molecule has 27 heavy (non-hydrogen) atoms. The van der Waals surface area contributed by atoms with Gasteiger partial charge in [0.25, 0.3) is 0 Å². The molecule has 6 nitrogen and oxygen atoms in total. The van der Waals surface area contributed by atoms with E-state index in [0.717, 1.165) is 11.4 Å². The molecule has 1 heterocycles. The van der Waals surface area contributed by atoms with Gasteiger partial charge in [-0.25, -0.2) is 13.2 Å². The van der Waals surface area contributed by atoms with E-state index in [1.807, 2.05) is 32.3 Å². The van der Waals surface area contributed by atoms with Gasteiger partial charge in [-0.05, 0) is 45.9 Å². The molecule has 2 rings (SSSR count). The Morgan fingerprint density at radius 2 is 1.74 bits per heavy atom. The first-order valence-corrected chi connectivity index (χ1v) is 10.5. The fraction of sp³-hybridized carbons (Fsp3) is 0.400. The molecule has 1 aromatic carbocycles. The van der Waals surface area contributed by atoms with E-state index in [-0.39, 0.29) is 28.0 Å². The van der Waals surface area contributed by atoms with Gasteiger partial charge >= 0.3 is 5.97 Å². The Kier molecular flexibility index (Phi) is 6.26. The van der Waals surface area contributed by atoms with Crippen LogP contribution in [0.2, 0.25) is 0 Å². The van der Waals surface area contributed by atoms with E-state index in [1.54, 1.807) is 18.2 Å². The van der Waals surface area contributed by atoms with Crippen molar-refractivity contribution in [2.75, 3.05) is 12.4 Å². The van der Waals surface area contributed by atoms with Crippen LogP contribution in [-0.4, -0.2) is 37.1 Å². The zero-order valence-electron chi connectivity index (χ0n) is 16.3. The summed E-state index contributed by atoms with van der Waals surface area (Å²) >= 11 is 0. The third-order valence-electron chi connectivity index (χ3n) is 4.46. The monoisotopic (exact) mass is 391 g/mol. The van der Waals surface area contributed by atoms with Gasteiger partial charge < -0.3 is 9.30 Å². The Morgan fingerprint density at radius 1 is 1.11 bits per heavy atom. The quantitative estimate of drug-likeness (QED) is 0.533. The first-order valence-electron chi connectivity index (χ1n) is 8.80. The smallest absolute Gasteiger partial charge is 0.339 e. The van der Waals surface area contributed by atoms with Gasteiger partial charge in [0.2, 0.25) is 5.78 Å². The van der Waals surface area contributed by atoms with Crippen molar-refractivity contribution >= 4 is 21.6 Å². The number of nitrogens with zero attached hydrogens (tertiary/aromatic N) is 1. The summed E-state index contributed by atoms with van der Waals surface area (Å²) in [4.78, 5) is 24.8. The number of rotatable bonds is 7. The van der Waals surface area contributed by atoms with Gasteiger partial charge in [0.15, 0.2) is 16.4 Å². The first-order chi connectivity index (χ1) is 12.6. The number of sulfone groups is 1. The van der Waals surface area contributed by atoms with Gasteiger partial charge in [-0.2, -0.15) is 0 Å². The highest BCUT2D eigenvalue weighted by molar-refractivity contribution is 7.91. The standard InChI is InChI=1S/C20H25NO5S/c1-6-27(24,25)19-10-8-7-9-16(19)20(23)26-12-18(22)17-11-14(4)21(13(2)3)15(17)5/h7-11,13H,6,12H2,1-5H3. The largest absolute Gasteiger partial charge is 0.454 e. The molecule has 0 amide bonds. The van der Waals surface area contributed by atoms with Crippen LogP contribution in [-0.2, 0) is 14.6 Å². The molecule has 0 fully saturated rings. The number of aromatic nitrogens is 1. The predicted octanol–water partition coefficient (Wildman–Crippen LogP) is 3.52. The third-order valence-corrected chi connectivity index (χ3v) is 6.24. The lowest BCUT2D eigenvalue weighted by atomic mass is 10.1. The van der Waals surface area contributed by atoms with Crippen molar-refractivity contribution in [2.24, 2.45) is 0 Å². The minimum atomic E-state index is -3.57. The average Bonchev–Trinajstić information content (AvgIpc) is 2.93. The number of ketones is 1. The SMILES string of the molecule is CCS(=O)(=O)c1ccccc1C(=O)OCC(=O)c1cc(C)n(C(C)C)c1C. The van der Waals surface area contributed by atoms with Crippen molar-refractivity contribution in [3.05, 3.63) is 52.8 Å². The molecule has 1 aromatic heterocycles. The molecule has 2 aromatic rings. The Hall–Kier alpha value is -2.41. The van der Waals surface area contributed by atoms with Gasteiger partial charge in [-0.3, -0.25) is 4.79 Å². The number of Topliss-reactive ketones (excluding diaryl/α,β-unsaturated/α-hetero) is 1. The molecule has 0 saturated heterocycles. The molecule has 146 valence electrons. The van der Waals surface area contributed by atoms with E-state index >= 15 is 0 Å². The van der Waals surface area contributed by atoms with Crippen LogP contribution in [0.1, 0.15) is 58.9 Å². The maximum absolute atomic E-state index is 12.5. The summed E-state index contributed by atoms with van der Waals surface area (Å²) in [5.41, 5.74) is 2.22. The van der Waals surface area contributed by atoms with Crippen LogP contribution in [0.15, 0.2) is 35.2 Å². The lowest BCUT2D eigenvalue weighted by molar-refractivity contribution is 0.0470. The van der Waals surface area contributed by atoms with E-state index in [4.69, 9.17) is 4.74 Å². The van der Waals surface area contributed by atoms with Crippen LogP contribution >= 0.6 is 0 Å². The molecule has 0 aliphatic heterocycles. The zero-order chi connectivity index (χ0) is 20.4. The number of hydrogen-bond donors (Lipinski definition) is 0. The second kappa shape index (κ2) is 8.08. The number of hydrogen-bond acceptors (Lipinski definition) is 5. The molecule has 0 N–H and O–H groups in total. The molecule has 0 radical (unpaired) electrons. The van der Waals surface area contributed by atoms with Crippen molar-refractivity contribution in [1.29, 1.82) is 0 Å². The second-order valence-corrected chi connectivity index (χ2v) is 8.89. The minimum absolute atomic E-state index is 0.0557. The molecule has 0 atom stereocenters. The molecule has 0 aliphatic carbocycles. The number of carbonyl (C=O) groups is 2. The van der Waals surface area contributed by atoms with Gasteiger partial charge in [-0.1, -0.05) is 19.1 Å². The third kappa shape index (κ3) is 4.30. The van der Waals surface area contributed by atoms with Gasteiger partial charge in [-0.15, -0.1) is 0 Å². The van der Waals surface area contributed by atoms with E-state index in [0.29, 0.717) is 5.56 Å². The summed E-state index contributed by atoms with van der Waals surface area (Å²) in [6.45, 7) is 8.89. The number of carbonyl (C=O) groups excluding carboxylic acids is 2. The average molecular weight is 391 g/mol. The van der Waals surface area contributed by atoms with E-state index in [9.17, 15) is 18.0 Å². The highest BCUT2D eigenvalue weighted by Crippen LogP contribution is 2.21. The Morgan fingerprint density at radius 3 is 2.30 bits per heavy atom. The van der Waals surface area contributed by atoms with Crippen LogP contribution in [0.25, 0.3) is 0 Å². The molecule has 0 unspecified atom stereocenters.